The number of furan rings is 1. The SMILES string of the molecule is ClC1=CC(c2cc3ccccc3o2)=C(c2cc3ccccc3c3ccccc23)CC1. The summed E-state index contributed by atoms with van der Waals surface area (Å²) in [6, 6.07) is 29.9. The third-order valence-corrected chi connectivity index (χ3v) is 6.32. The molecular formula is C28H19ClO. The van der Waals surface area contributed by atoms with Crippen LogP contribution in [0.3, 0.4) is 0 Å². The maximum absolute atomic E-state index is 6.51. The average Bonchev–Trinajstić information content (AvgIpc) is 3.23. The molecule has 1 aliphatic rings. The molecule has 0 fully saturated rings. The molecule has 1 aliphatic carbocycles. The Balaban J connectivity index is 1.69. The van der Waals surface area contributed by atoms with Crippen LogP contribution < -0.4 is 0 Å². The largest absolute Gasteiger partial charge is 0.456 e. The summed E-state index contributed by atoms with van der Waals surface area (Å²) < 4.78 is 6.25. The molecule has 4 aromatic carbocycles. The van der Waals surface area contributed by atoms with Gasteiger partial charge in [0.05, 0.1) is 0 Å². The van der Waals surface area contributed by atoms with Gasteiger partial charge in [0.25, 0.3) is 0 Å². The van der Waals surface area contributed by atoms with Gasteiger partial charge in [-0.3, -0.25) is 0 Å². The van der Waals surface area contributed by atoms with Crippen molar-refractivity contribution >= 4 is 55.3 Å². The summed E-state index contributed by atoms with van der Waals surface area (Å²) in [6.45, 7) is 0. The Bertz CT molecular complexity index is 1470. The van der Waals surface area contributed by atoms with Crippen molar-refractivity contribution in [3.8, 4) is 0 Å². The normalized spacial score (nSPS) is 14.6. The molecule has 0 spiro atoms. The highest BCUT2D eigenvalue weighted by Crippen LogP contribution is 2.43. The van der Waals surface area contributed by atoms with Crippen molar-refractivity contribution < 1.29 is 4.42 Å². The van der Waals surface area contributed by atoms with Gasteiger partial charge in [-0.15, -0.1) is 0 Å². The summed E-state index contributed by atoms with van der Waals surface area (Å²) in [5.41, 5.74) is 4.54. The van der Waals surface area contributed by atoms with Crippen molar-refractivity contribution in [3.63, 3.8) is 0 Å². The van der Waals surface area contributed by atoms with Crippen LogP contribution in [-0.2, 0) is 0 Å². The van der Waals surface area contributed by atoms with Crippen molar-refractivity contribution in [2.24, 2.45) is 0 Å². The molecule has 1 heterocycles. The molecule has 0 bridgehead atoms. The third-order valence-electron chi connectivity index (χ3n) is 6.02. The standard InChI is InChI=1S/C28H19ClO/c29-20-13-14-24(26(17-20)28-16-19-8-2-6-12-27(19)30-28)25-15-18-7-1-3-9-21(18)22-10-4-5-11-23(22)25/h1-12,15-17H,13-14H2. The zero-order valence-corrected chi connectivity index (χ0v) is 17.1. The number of hydrogen-bond donors (Lipinski definition) is 0. The highest BCUT2D eigenvalue weighted by molar-refractivity contribution is 6.31. The van der Waals surface area contributed by atoms with E-state index >= 15 is 0 Å². The highest BCUT2D eigenvalue weighted by Gasteiger charge is 2.21. The van der Waals surface area contributed by atoms with E-state index < -0.39 is 0 Å². The first-order valence-corrected chi connectivity index (χ1v) is 10.6. The lowest BCUT2D eigenvalue weighted by molar-refractivity contribution is 0.600. The van der Waals surface area contributed by atoms with Gasteiger partial charge in [0.1, 0.15) is 11.3 Å². The summed E-state index contributed by atoms with van der Waals surface area (Å²) in [7, 11) is 0. The molecule has 2 heteroatoms. The van der Waals surface area contributed by atoms with Crippen LogP contribution in [0.5, 0.6) is 0 Å². The first-order chi connectivity index (χ1) is 14.8. The van der Waals surface area contributed by atoms with Gasteiger partial charge in [0, 0.05) is 16.0 Å². The van der Waals surface area contributed by atoms with Crippen molar-refractivity contribution in [1.29, 1.82) is 0 Å². The number of rotatable bonds is 2. The summed E-state index contributed by atoms with van der Waals surface area (Å²) in [4.78, 5) is 0. The van der Waals surface area contributed by atoms with Crippen molar-refractivity contribution in [2.45, 2.75) is 12.8 Å². The molecule has 144 valence electrons. The Kier molecular flexibility index (Phi) is 4.04. The molecule has 0 saturated carbocycles. The van der Waals surface area contributed by atoms with Gasteiger partial charge in [-0.2, -0.15) is 0 Å². The van der Waals surface area contributed by atoms with Crippen molar-refractivity contribution in [2.75, 3.05) is 0 Å². The topological polar surface area (TPSA) is 13.1 Å². The molecule has 30 heavy (non-hydrogen) atoms. The molecule has 5 aromatic rings. The lowest BCUT2D eigenvalue weighted by Gasteiger charge is -2.20. The lowest BCUT2D eigenvalue weighted by atomic mass is 9.86. The minimum Gasteiger partial charge on any atom is -0.456 e. The number of fused-ring (bicyclic) bond motifs is 4. The first-order valence-electron chi connectivity index (χ1n) is 10.3. The van der Waals surface area contributed by atoms with Gasteiger partial charge in [0.2, 0.25) is 0 Å². The predicted molar refractivity (Wildman–Crippen MR) is 128 cm³/mol. The smallest absolute Gasteiger partial charge is 0.135 e. The van der Waals surface area contributed by atoms with E-state index in [1.165, 1.54) is 32.7 Å². The van der Waals surface area contributed by atoms with E-state index in [-0.39, 0.29) is 0 Å². The zero-order chi connectivity index (χ0) is 20.1. The summed E-state index contributed by atoms with van der Waals surface area (Å²) in [5, 5.41) is 7.07. The Hall–Kier alpha value is -3.29. The molecular weight excluding hydrogens is 388 g/mol. The predicted octanol–water partition coefficient (Wildman–Crippen LogP) is 8.57. The monoisotopic (exact) mass is 406 g/mol. The number of allylic oxidation sites excluding steroid dienone is 4. The second kappa shape index (κ2) is 6.90. The summed E-state index contributed by atoms with van der Waals surface area (Å²) >= 11 is 6.51. The molecule has 0 saturated heterocycles. The number of para-hydroxylation sites is 1. The summed E-state index contributed by atoms with van der Waals surface area (Å²) in [5.74, 6) is 0.876. The Morgan fingerprint density at radius 2 is 1.37 bits per heavy atom. The lowest BCUT2D eigenvalue weighted by Crippen LogP contribution is -1.98. The van der Waals surface area contributed by atoms with E-state index in [0.717, 1.165) is 40.2 Å². The molecule has 0 atom stereocenters. The van der Waals surface area contributed by atoms with E-state index in [1.54, 1.807) is 0 Å². The van der Waals surface area contributed by atoms with Crippen LogP contribution >= 0.6 is 11.6 Å². The van der Waals surface area contributed by atoms with Gasteiger partial charge in [-0.05, 0) is 69.8 Å². The van der Waals surface area contributed by atoms with Gasteiger partial charge >= 0.3 is 0 Å². The maximum atomic E-state index is 6.51. The van der Waals surface area contributed by atoms with E-state index in [1.807, 2.05) is 18.2 Å². The number of hydrogen-bond acceptors (Lipinski definition) is 1. The molecule has 0 amide bonds. The zero-order valence-electron chi connectivity index (χ0n) is 16.4. The van der Waals surface area contributed by atoms with E-state index in [4.69, 9.17) is 16.0 Å². The van der Waals surface area contributed by atoms with Gasteiger partial charge < -0.3 is 4.42 Å². The fraction of sp³-hybridized carbons (Fsp3) is 0.0714. The number of halogens is 1. The third kappa shape index (κ3) is 2.78. The van der Waals surface area contributed by atoms with Crippen LogP contribution in [-0.4, -0.2) is 0 Å². The maximum Gasteiger partial charge on any atom is 0.135 e. The molecule has 1 aromatic heterocycles. The van der Waals surface area contributed by atoms with Crippen LogP contribution in [0.15, 0.2) is 100 Å². The molecule has 0 aliphatic heterocycles. The van der Waals surface area contributed by atoms with E-state index in [2.05, 4.69) is 72.8 Å². The quantitative estimate of drug-likeness (QED) is 0.267. The minimum atomic E-state index is 0.849. The van der Waals surface area contributed by atoms with Crippen LogP contribution in [0, 0.1) is 0 Å². The average molecular weight is 407 g/mol. The van der Waals surface area contributed by atoms with Crippen LogP contribution in [0.1, 0.15) is 24.2 Å². The fourth-order valence-electron chi connectivity index (χ4n) is 4.61. The van der Waals surface area contributed by atoms with Crippen LogP contribution in [0.4, 0.5) is 0 Å². The van der Waals surface area contributed by atoms with Crippen molar-refractivity contribution in [3.05, 3.63) is 107 Å². The highest BCUT2D eigenvalue weighted by atomic mass is 35.5. The minimum absolute atomic E-state index is 0.849. The van der Waals surface area contributed by atoms with E-state index in [0.29, 0.717) is 0 Å². The number of benzene rings is 4. The summed E-state index contributed by atoms with van der Waals surface area (Å²) in [6.07, 6.45) is 3.83. The molecule has 0 unspecified atom stereocenters. The Morgan fingerprint density at radius 1 is 0.667 bits per heavy atom. The Morgan fingerprint density at radius 3 is 2.20 bits per heavy atom. The van der Waals surface area contributed by atoms with Gasteiger partial charge in [-0.1, -0.05) is 78.3 Å². The molecule has 6 rings (SSSR count). The van der Waals surface area contributed by atoms with Crippen molar-refractivity contribution in [1.82, 2.24) is 0 Å². The molecule has 0 N–H and O–H groups in total. The van der Waals surface area contributed by atoms with Gasteiger partial charge in [-0.25, -0.2) is 0 Å². The molecule has 1 nitrogen and oxygen atoms in total. The van der Waals surface area contributed by atoms with E-state index in [9.17, 15) is 0 Å². The van der Waals surface area contributed by atoms with Gasteiger partial charge in [0.15, 0.2) is 0 Å². The van der Waals surface area contributed by atoms with Crippen LogP contribution in [0.25, 0.3) is 43.7 Å². The second-order valence-corrected chi connectivity index (χ2v) is 8.31. The first kappa shape index (κ1) is 17.6. The molecule has 0 radical (unpaired) electrons. The van der Waals surface area contributed by atoms with Crippen LogP contribution in [0.2, 0.25) is 0 Å². The second-order valence-electron chi connectivity index (χ2n) is 7.82. The fourth-order valence-corrected chi connectivity index (χ4v) is 4.82. The Labute approximate surface area is 179 Å².